The average Bonchev–Trinajstić information content (AvgIpc) is 3.53. The van der Waals surface area contributed by atoms with E-state index in [1.54, 1.807) is 21.9 Å². The van der Waals surface area contributed by atoms with Gasteiger partial charge < -0.3 is 24.3 Å². The number of esters is 1. The van der Waals surface area contributed by atoms with Crippen molar-refractivity contribution in [1.29, 1.82) is 0 Å². The molecule has 174 valence electrons. The number of ether oxygens (including phenoxy) is 1. The van der Waals surface area contributed by atoms with Crippen LogP contribution in [0, 0.1) is 5.41 Å². The summed E-state index contributed by atoms with van der Waals surface area (Å²) in [4.78, 5) is 56.5. The Bertz CT molecular complexity index is 1030. The van der Waals surface area contributed by atoms with E-state index in [2.05, 4.69) is 15.0 Å². The van der Waals surface area contributed by atoms with Crippen LogP contribution in [0.2, 0.25) is 0 Å². The number of aromatic nitrogens is 1. The zero-order chi connectivity index (χ0) is 23.4. The van der Waals surface area contributed by atoms with E-state index in [0.717, 1.165) is 19.3 Å². The summed E-state index contributed by atoms with van der Waals surface area (Å²) in [7, 11) is 1.29. The van der Waals surface area contributed by atoms with Gasteiger partial charge >= 0.3 is 5.97 Å². The number of carbonyl (C=O) groups excluding carboxylic acids is 4. The normalized spacial score (nSPS) is 17.1. The van der Waals surface area contributed by atoms with Crippen LogP contribution in [0.1, 0.15) is 50.7 Å². The van der Waals surface area contributed by atoms with E-state index in [0.29, 0.717) is 37.4 Å². The largest absolute Gasteiger partial charge is 0.465 e. The number of nitrogens with zero attached hydrogens (tertiary/aromatic N) is 3. The molecular weight excluding hydrogens is 428 g/mol. The molecule has 0 saturated carbocycles. The maximum absolute atomic E-state index is 12.9. The number of rotatable bonds is 5. The summed E-state index contributed by atoms with van der Waals surface area (Å²) in [5.74, 6) is -1.04. The van der Waals surface area contributed by atoms with Crippen LogP contribution in [0.5, 0.6) is 0 Å². The van der Waals surface area contributed by atoms with E-state index < -0.39 is 11.9 Å². The van der Waals surface area contributed by atoms with Crippen LogP contribution in [0.15, 0.2) is 41.1 Å². The minimum absolute atomic E-state index is 0.0180. The van der Waals surface area contributed by atoms with Crippen LogP contribution in [-0.2, 0) is 9.53 Å². The fourth-order valence-electron chi connectivity index (χ4n) is 4.43. The van der Waals surface area contributed by atoms with Gasteiger partial charge in [0.25, 0.3) is 11.8 Å². The highest BCUT2D eigenvalue weighted by Crippen LogP contribution is 2.40. The Morgan fingerprint density at radius 2 is 1.82 bits per heavy atom. The lowest BCUT2D eigenvalue weighted by molar-refractivity contribution is -0.132. The summed E-state index contributed by atoms with van der Waals surface area (Å²) < 4.78 is 9.68. The minimum atomic E-state index is -0.497. The number of nitrogens with one attached hydrogen (secondary N) is 1. The topological polar surface area (TPSA) is 122 Å². The molecule has 3 amide bonds. The van der Waals surface area contributed by atoms with E-state index in [9.17, 15) is 19.2 Å². The summed E-state index contributed by atoms with van der Waals surface area (Å²) in [6.07, 6.45) is 5.21. The van der Waals surface area contributed by atoms with Gasteiger partial charge in [0.15, 0.2) is 5.76 Å². The Balaban J connectivity index is 1.27. The molecule has 10 heteroatoms. The number of pyridine rings is 1. The van der Waals surface area contributed by atoms with Gasteiger partial charge in [-0.25, -0.2) is 4.79 Å². The molecular formula is C23H26N4O6. The minimum Gasteiger partial charge on any atom is -0.465 e. The standard InChI is InChI=1S/C23H26N4O6/c1-32-22(31)16-4-5-17(24-13-16)21(30)27-11-8-23(15-27)6-9-26(10-7-23)19(28)14-25-20(29)18-3-2-12-33-18/h2-5,12-13H,6-11,14-15H2,1H3,(H,25,29). The maximum Gasteiger partial charge on any atom is 0.339 e. The number of carbonyl (C=O) groups is 4. The summed E-state index contributed by atoms with van der Waals surface area (Å²) in [6.45, 7) is 2.34. The van der Waals surface area contributed by atoms with E-state index in [1.807, 2.05) is 0 Å². The first-order valence-electron chi connectivity index (χ1n) is 10.8. The van der Waals surface area contributed by atoms with Crippen molar-refractivity contribution >= 4 is 23.7 Å². The van der Waals surface area contributed by atoms with Gasteiger partial charge in [0.05, 0.1) is 25.5 Å². The molecule has 1 spiro atoms. The van der Waals surface area contributed by atoms with Crippen molar-refractivity contribution in [2.24, 2.45) is 5.41 Å². The number of amides is 3. The smallest absolute Gasteiger partial charge is 0.339 e. The third kappa shape index (κ3) is 4.89. The Kier molecular flexibility index (Phi) is 6.43. The van der Waals surface area contributed by atoms with Crippen molar-refractivity contribution in [2.45, 2.75) is 19.3 Å². The lowest BCUT2D eigenvalue weighted by Crippen LogP contribution is -2.47. The molecule has 2 fully saturated rings. The molecule has 1 N–H and O–H groups in total. The number of hydrogen-bond acceptors (Lipinski definition) is 7. The molecule has 0 aromatic carbocycles. The fourth-order valence-corrected chi connectivity index (χ4v) is 4.43. The van der Waals surface area contributed by atoms with Crippen molar-refractivity contribution in [3.63, 3.8) is 0 Å². The van der Waals surface area contributed by atoms with Crippen molar-refractivity contribution in [3.8, 4) is 0 Å². The van der Waals surface area contributed by atoms with Crippen molar-refractivity contribution in [1.82, 2.24) is 20.1 Å². The summed E-state index contributed by atoms with van der Waals surface area (Å²) in [6, 6.07) is 6.23. The monoisotopic (exact) mass is 454 g/mol. The highest BCUT2D eigenvalue weighted by Gasteiger charge is 2.43. The SMILES string of the molecule is COC(=O)c1ccc(C(=O)N2CCC3(CCN(C(=O)CNC(=O)c4ccco4)CC3)C2)nc1. The van der Waals surface area contributed by atoms with Gasteiger partial charge in [-0.1, -0.05) is 0 Å². The van der Waals surface area contributed by atoms with Crippen LogP contribution in [0.3, 0.4) is 0 Å². The first kappa shape index (κ1) is 22.5. The van der Waals surface area contributed by atoms with Crippen LogP contribution in [0.4, 0.5) is 0 Å². The third-order valence-electron chi connectivity index (χ3n) is 6.45. The van der Waals surface area contributed by atoms with Crippen molar-refractivity contribution in [3.05, 3.63) is 53.7 Å². The molecule has 2 aromatic heterocycles. The second kappa shape index (κ2) is 9.43. The number of furan rings is 1. The molecule has 0 atom stereocenters. The molecule has 2 aliphatic heterocycles. The van der Waals surface area contributed by atoms with E-state index >= 15 is 0 Å². The molecule has 0 bridgehead atoms. The molecule has 2 aromatic rings. The van der Waals surface area contributed by atoms with Crippen LogP contribution in [-0.4, -0.2) is 78.3 Å². The maximum atomic E-state index is 12.9. The summed E-state index contributed by atoms with van der Waals surface area (Å²) >= 11 is 0. The molecule has 2 aliphatic rings. The van der Waals surface area contributed by atoms with Gasteiger partial charge in [-0.3, -0.25) is 19.4 Å². The van der Waals surface area contributed by atoms with Crippen LogP contribution < -0.4 is 5.32 Å². The zero-order valence-corrected chi connectivity index (χ0v) is 18.4. The Morgan fingerprint density at radius 1 is 1.09 bits per heavy atom. The molecule has 0 radical (unpaired) electrons. The van der Waals surface area contributed by atoms with E-state index in [1.165, 1.54) is 31.7 Å². The number of hydrogen-bond donors (Lipinski definition) is 1. The third-order valence-corrected chi connectivity index (χ3v) is 6.45. The van der Waals surface area contributed by atoms with Crippen molar-refractivity contribution < 1.29 is 28.3 Å². The Hall–Kier alpha value is -3.69. The number of likely N-dealkylation sites (tertiary alicyclic amines) is 2. The van der Waals surface area contributed by atoms with Gasteiger partial charge in [-0.15, -0.1) is 0 Å². The zero-order valence-electron chi connectivity index (χ0n) is 18.4. The molecule has 0 aliphatic carbocycles. The first-order chi connectivity index (χ1) is 15.9. The fraction of sp³-hybridized carbons (Fsp3) is 0.435. The van der Waals surface area contributed by atoms with Crippen molar-refractivity contribution in [2.75, 3.05) is 39.8 Å². The van der Waals surface area contributed by atoms with E-state index in [4.69, 9.17) is 4.42 Å². The lowest BCUT2D eigenvalue weighted by atomic mass is 9.78. The van der Waals surface area contributed by atoms with E-state index in [-0.39, 0.29) is 29.5 Å². The average molecular weight is 454 g/mol. The molecule has 2 saturated heterocycles. The van der Waals surface area contributed by atoms with Gasteiger partial charge in [-0.2, -0.15) is 0 Å². The second-order valence-electron chi connectivity index (χ2n) is 8.44. The van der Waals surface area contributed by atoms with Gasteiger partial charge in [0, 0.05) is 32.4 Å². The highest BCUT2D eigenvalue weighted by molar-refractivity contribution is 5.95. The molecule has 4 heterocycles. The first-order valence-corrected chi connectivity index (χ1v) is 10.8. The predicted octanol–water partition coefficient (Wildman–Crippen LogP) is 1.35. The second-order valence-corrected chi connectivity index (χ2v) is 8.44. The lowest BCUT2D eigenvalue weighted by Gasteiger charge is -2.39. The molecule has 4 rings (SSSR count). The Morgan fingerprint density at radius 3 is 2.42 bits per heavy atom. The van der Waals surface area contributed by atoms with Crippen LogP contribution in [0.25, 0.3) is 0 Å². The summed E-state index contributed by atoms with van der Waals surface area (Å²) in [5.41, 5.74) is 0.569. The summed E-state index contributed by atoms with van der Waals surface area (Å²) in [5, 5.41) is 2.59. The molecule has 33 heavy (non-hydrogen) atoms. The number of piperidine rings is 1. The van der Waals surface area contributed by atoms with Gasteiger partial charge in [0.1, 0.15) is 5.69 Å². The quantitative estimate of drug-likeness (QED) is 0.677. The van der Waals surface area contributed by atoms with Gasteiger partial charge in [0.2, 0.25) is 5.91 Å². The predicted molar refractivity (Wildman–Crippen MR) is 115 cm³/mol. The highest BCUT2D eigenvalue weighted by atomic mass is 16.5. The molecule has 10 nitrogen and oxygen atoms in total. The Labute approximate surface area is 190 Å². The number of methoxy groups -OCH3 is 1. The van der Waals surface area contributed by atoms with Gasteiger partial charge in [-0.05, 0) is 48.9 Å². The van der Waals surface area contributed by atoms with Crippen LogP contribution >= 0.6 is 0 Å². The molecule has 0 unspecified atom stereocenters.